The van der Waals surface area contributed by atoms with Gasteiger partial charge in [-0.25, -0.2) is 8.78 Å². The number of para-hydroxylation sites is 1. The van der Waals surface area contributed by atoms with Gasteiger partial charge >= 0.3 is 0 Å². The first kappa shape index (κ1) is 13.4. The Hall–Kier alpha value is -1.61. The van der Waals surface area contributed by atoms with Gasteiger partial charge in [-0.3, -0.25) is 0 Å². The van der Waals surface area contributed by atoms with Gasteiger partial charge in [-0.2, -0.15) is 0 Å². The molecule has 2 aromatic rings. The Morgan fingerprint density at radius 2 is 2.00 bits per heavy atom. The van der Waals surface area contributed by atoms with Gasteiger partial charge in [0.05, 0.1) is 5.02 Å². The van der Waals surface area contributed by atoms with Crippen LogP contribution < -0.4 is 5.32 Å². The SMILES string of the molecule is Fc1c(Cl)cccc1CC(F)c1cccc2c1NCC2. The topological polar surface area (TPSA) is 12.0 Å². The van der Waals surface area contributed by atoms with Gasteiger partial charge in [-0.05, 0) is 23.6 Å². The molecule has 1 N–H and O–H groups in total. The number of anilines is 1. The van der Waals surface area contributed by atoms with Gasteiger partial charge in [0.2, 0.25) is 0 Å². The van der Waals surface area contributed by atoms with Crippen LogP contribution in [0.15, 0.2) is 36.4 Å². The molecule has 4 heteroatoms. The summed E-state index contributed by atoms with van der Waals surface area (Å²) in [7, 11) is 0. The monoisotopic (exact) mass is 293 g/mol. The second-order valence-corrected chi connectivity index (χ2v) is 5.35. The summed E-state index contributed by atoms with van der Waals surface area (Å²) in [4.78, 5) is 0. The third-order valence-corrected chi connectivity index (χ3v) is 3.94. The molecular formula is C16H14ClF2N. The Morgan fingerprint density at radius 1 is 1.20 bits per heavy atom. The smallest absolute Gasteiger partial charge is 0.145 e. The van der Waals surface area contributed by atoms with Crippen LogP contribution in [-0.2, 0) is 12.8 Å². The summed E-state index contributed by atoms with van der Waals surface area (Å²) < 4.78 is 28.4. The highest BCUT2D eigenvalue weighted by atomic mass is 35.5. The van der Waals surface area contributed by atoms with E-state index in [1.54, 1.807) is 18.2 Å². The highest BCUT2D eigenvalue weighted by Crippen LogP contribution is 2.35. The zero-order valence-electron chi connectivity index (χ0n) is 10.8. The number of halogens is 3. The fraction of sp³-hybridized carbons (Fsp3) is 0.250. The number of hydrogen-bond donors (Lipinski definition) is 1. The summed E-state index contributed by atoms with van der Waals surface area (Å²) in [6.07, 6.45) is -0.352. The maximum Gasteiger partial charge on any atom is 0.145 e. The van der Waals surface area contributed by atoms with Gasteiger partial charge in [0.25, 0.3) is 0 Å². The van der Waals surface area contributed by atoms with Crippen molar-refractivity contribution in [1.82, 2.24) is 0 Å². The molecule has 20 heavy (non-hydrogen) atoms. The Balaban J connectivity index is 1.89. The molecule has 0 fully saturated rings. The Kier molecular flexibility index (Phi) is 3.62. The largest absolute Gasteiger partial charge is 0.384 e. The average Bonchev–Trinajstić information content (AvgIpc) is 2.92. The molecule has 0 radical (unpaired) electrons. The van der Waals surface area contributed by atoms with E-state index in [1.165, 1.54) is 6.07 Å². The van der Waals surface area contributed by atoms with E-state index in [2.05, 4.69) is 5.32 Å². The summed E-state index contributed by atoms with van der Waals surface area (Å²) in [5.74, 6) is -0.530. The standard InChI is InChI=1S/C16H14ClF2N/c17-13-6-2-4-11(15(13)19)9-14(18)12-5-1-3-10-7-8-20-16(10)12/h1-6,14,20H,7-9H2. The van der Waals surface area contributed by atoms with Crippen molar-refractivity contribution >= 4 is 17.3 Å². The minimum absolute atomic E-state index is 0.00940. The summed E-state index contributed by atoms with van der Waals surface area (Å²) in [5, 5.41) is 3.24. The molecule has 1 heterocycles. The van der Waals surface area contributed by atoms with Crippen LogP contribution in [0.4, 0.5) is 14.5 Å². The molecule has 0 aromatic heterocycles. The molecule has 1 unspecified atom stereocenters. The molecule has 3 rings (SSSR count). The van der Waals surface area contributed by atoms with Crippen molar-refractivity contribution in [2.24, 2.45) is 0 Å². The fourth-order valence-electron chi connectivity index (χ4n) is 2.64. The first-order chi connectivity index (χ1) is 9.66. The van der Waals surface area contributed by atoms with E-state index in [1.807, 2.05) is 12.1 Å². The summed E-state index contributed by atoms with van der Waals surface area (Å²) in [6, 6.07) is 10.3. The molecule has 0 bridgehead atoms. The van der Waals surface area contributed by atoms with Crippen LogP contribution in [0.5, 0.6) is 0 Å². The molecule has 0 spiro atoms. The molecule has 1 aliphatic rings. The maximum absolute atomic E-state index is 14.5. The van der Waals surface area contributed by atoms with E-state index in [9.17, 15) is 8.78 Å². The van der Waals surface area contributed by atoms with E-state index < -0.39 is 12.0 Å². The molecule has 0 saturated heterocycles. The molecule has 1 nitrogen and oxygen atoms in total. The Bertz CT molecular complexity index is 642. The number of rotatable bonds is 3. The minimum Gasteiger partial charge on any atom is -0.384 e. The van der Waals surface area contributed by atoms with E-state index >= 15 is 0 Å². The van der Waals surface area contributed by atoms with Crippen molar-refractivity contribution in [3.8, 4) is 0 Å². The third-order valence-electron chi connectivity index (χ3n) is 3.65. The van der Waals surface area contributed by atoms with E-state index in [0.717, 1.165) is 24.2 Å². The van der Waals surface area contributed by atoms with Gasteiger partial charge in [0.15, 0.2) is 0 Å². The minimum atomic E-state index is -1.25. The second-order valence-electron chi connectivity index (χ2n) is 4.94. The van der Waals surface area contributed by atoms with Crippen molar-refractivity contribution in [3.05, 3.63) is 63.9 Å². The van der Waals surface area contributed by atoms with Crippen molar-refractivity contribution in [2.45, 2.75) is 19.0 Å². The molecule has 1 atom stereocenters. The van der Waals surface area contributed by atoms with Crippen molar-refractivity contribution < 1.29 is 8.78 Å². The normalized spacial score (nSPS) is 14.8. The van der Waals surface area contributed by atoms with E-state index in [-0.39, 0.29) is 11.4 Å². The predicted octanol–water partition coefficient (Wildman–Crippen LogP) is 4.70. The van der Waals surface area contributed by atoms with E-state index in [4.69, 9.17) is 11.6 Å². The predicted molar refractivity (Wildman–Crippen MR) is 77.6 cm³/mol. The van der Waals surface area contributed by atoms with Crippen molar-refractivity contribution in [2.75, 3.05) is 11.9 Å². The van der Waals surface area contributed by atoms with Crippen LogP contribution in [0, 0.1) is 5.82 Å². The molecule has 1 aliphatic heterocycles. The number of nitrogens with one attached hydrogen (secondary N) is 1. The van der Waals surface area contributed by atoms with Crippen LogP contribution in [0.1, 0.15) is 22.9 Å². The Morgan fingerprint density at radius 3 is 2.85 bits per heavy atom. The van der Waals surface area contributed by atoms with Crippen LogP contribution in [0.25, 0.3) is 0 Å². The molecule has 2 aromatic carbocycles. The second kappa shape index (κ2) is 5.41. The van der Waals surface area contributed by atoms with Crippen molar-refractivity contribution in [3.63, 3.8) is 0 Å². The van der Waals surface area contributed by atoms with E-state index in [0.29, 0.717) is 11.1 Å². The molecule has 104 valence electrons. The van der Waals surface area contributed by atoms with Crippen LogP contribution in [0.3, 0.4) is 0 Å². The number of benzene rings is 2. The third kappa shape index (κ3) is 2.38. The number of hydrogen-bond acceptors (Lipinski definition) is 1. The lowest BCUT2D eigenvalue weighted by Gasteiger charge is -2.14. The van der Waals surface area contributed by atoms with Gasteiger partial charge in [0.1, 0.15) is 12.0 Å². The molecule has 0 aliphatic carbocycles. The lowest BCUT2D eigenvalue weighted by Crippen LogP contribution is -2.03. The molecule has 0 amide bonds. The number of alkyl halides is 1. The first-order valence-corrected chi connectivity index (χ1v) is 6.97. The molecular weight excluding hydrogens is 280 g/mol. The van der Waals surface area contributed by atoms with Gasteiger partial charge < -0.3 is 5.32 Å². The van der Waals surface area contributed by atoms with Gasteiger partial charge in [-0.15, -0.1) is 0 Å². The van der Waals surface area contributed by atoms with Crippen LogP contribution in [0.2, 0.25) is 5.02 Å². The fourth-order valence-corrected chi connectivity index (χ4v) is 2.83. The lowest BCUT2D eigenvalue weighted by molar-refractivity contribution is 0.339. The zero-order valence-corrected chi connectivity index (χ0v) is 11.6. The summed E-state index contributed by atoms with van der Waals surface area (Å²) in [6.45, 7) is 0.824. The molecule has 0 saturated carbocycles. The van der Waals surface area contributed by atoms with Gasteiger partial charge in [-0.1, -0.05) is 41.9 Å². The highest BCUT2D eigenvalue weighted by molar-refractivity contribution is 6.30. The average molecular weight is 294 g/mol. The highest BCUT2D eigenvalue weighted by Gasteiger charge is 2.21. The summed E-state index contributed by atoms with van der Waals surface area (Å²) >= 11 is 5.73. The Labute approximate surface area is 121 Å². The van der Waals surface area contributed by atoms with Crippen LogP contribution >= 0.6 is 11.6 Å². The first-order valence-electron chi connectivity index (χ1n) is 6.59. The van der Waals surface area contributed by atoms with Crippen molar-refractivity contribution in [1.29, 1.82) is 0 Å². The number of fused-ring (bicyclic) bond motifs is 1. The zero-order chi connectivity index (χ0) is 14.1. The van der Waals surface area contributed by atoms with Crippen LogP contribution in [-0.4, -0.2) is 6.54 Å². The quantitative estimate of drug-likeness (QED) is 0.865. The summed E-state index contributed by atoms with van der Waals surface area (Å²) in [5.41, 5.74) is 2.89. The lowest BCUT2D eigenvalue weighted by atomic mass is 9.98. The van der Waals surface area contributed by atoms with Gasteiger partial charge in [0, 0.05) is 24.2 Å². The maximum atomic E-state index is 14.5.